The van der Waals surface area contributed by atoms with Gasteiger partial charge in [0.25, 0.3) is 11.5 Å². The third kappa shape index (κ3) is 4.11. The second-order valence-electron chi connectivity index (χ2n) is 5.69. The lowest BCUT2D eigenvalue weighted by atomic mass is 10.1. The first kappa shape index (κ1) is 20.1. The van der Waals surface area contributed by atoms with Crippen LogP contribution >= 0.6 is 34.8 Å². The Morgan fingerprint density at radius 3 is 2.43 bits per heavy atom. The molecule has 0 atom stereocenters. The molecule has 28 heavy (non-hydrogen) atoms. The molecule has 0 aliphatic rings. The van der Waals surface area contributed by atoms with Crippen LogP contribution in [0.5, 0.6) is 0 Å². The van der Waals surface area contributed by atoms with Gasteiger partial charge in [0.05, 0.1) is 26.1 Å². The average Bonchev–Trinajstić information content (AvgIpc) is 2.67. The van der Waals surface area contributed by atoms with E-state index in [1.807, 2.05) is 0 Å². The summed E-state index contributed by atoms with van der Waals surface area (Å²) in [6.07, 6.45) is 0. The number of amides is 1. The molecule has 0 saturated heterocycles. The number of hydrogen-bond donors (Lipinski definition) is 1. The molecule has 0 radical (unpaired) electrons. The zero-order valence-electron chi connectivity index (χ0n) is 14.3. The number of halogens is 3. The fraction of sp³-hybridized carbons (Fsp3) is 0.111. The summed E-state index contributed by atoms with van der Waals surface area (Å²) in [5.74, 6) is -1.48. The van der Waals surface area contributed by atoms with E-state index in [1.165, 1.54) is 19.2 Å². The molecule has 3 aromatic rings. The molecule has 1 aromatic heterocycles. The highest BCUT2D eigenvalue weighted by atomic mass is 35.5. The van der Waals surface area contributed by atoms with Crippen LogP contribution in [0.2, 0.25) is 15.1 Å². The van der Waals surface area contributed by atoms with Crippen LogP contribution in [0.25, 0.3) is 10.8 Å². The van der Waals surface area contributed by atoms with Gasteiger partial charge < -0.3 is 10.1 Å². The maximum Gasteiger partial charge on any atom is 0.359 e. The quantitative estimate of drug-likeness (QED) is 0.493. The predicted octanol–water partition coefficient (Wildman–Crippen LogP) is 3.69. The molecule has 0 saturated carbocycles. The van der Waals surface area contributed by atoms with Crippen molar-refractivity contribution in [3.8, 4) is 0 Å². The summed E-state index contributed by atoms with van der Waals surface area (Å²) < 4.78 is 6.06. The number of ether oxygens (including phenoxy) is 1. The van der Waals surface area contributed by atoms with E-state index in [9.17, 15) is 14.4 Å². The Balaban J connectivity index is 1.75. The van der Waals surface area contributed by atoms with Crippen molar-refractivity contribution < 1.29 is 14.3 Å². The zero-order chi connectivity index (χ0) is 20.4. The monoisotopic (exact) mass is 439 g/mol. The molecule has 0 spiro atoms. The SMILES string of the molecule is Cn1nc(C(=O)OCC(=O)Nc2cc(Cl)c(Cl)cc2Cl)c2ccccc2c1=O. The Hall–Kier alpha value is -2.61. The Labute approximate surface area is 173 Å². The van der Waals surface area contributed by atoms with Crippen LogP contribution in [0.1, 0.15) is 10.5 Å². The smallest absolute Gasteiger partial charge is 0.359 e. The van der Waals surface area contributed by atoms with Crippen LogP contribution in [0.15, 0.2) is 41.2 Å². The number of benzene rings is 2. The number of aromatic nitrogens is 2. The van der Waals surface area contributed by atoms with Gasteiger partial charge in [-0.1, -0.05) is 53.0 Å². The lowest BCUT2D eigenvalue weighted by molar-refractivity contribution is -0.119. The second kappa shape index (κ2) is 8.18. The highest BCUT2D eigenvalue weighted by Gasteiger charge is 2.18. The van der Waals surface area contributed by atoms with E-state index in [-0.39, 0.29) is 32.0 Å². The Morgan fingerprint density at radius 1 is 1.07 bits per heavy atom. The minimum absolute atomic E-state index is 0.0712. The van der Waals surface area contributed by atoms with Crippen molar-refractivity contribution >= 4 is 63.1 Å². The molecule has 10 heteroatoms. The van der Waals surface area contributed by atoms with Crippen LogP contribution in [0, 0.1) is 0 Å². The van der Waals surface area contributed by atoms with Gasteiger partial charge in [-0.05, 0) is 18.2 Å². The Morgan fingerprint density at radius 2 is 1.71 bits per heavy atom. The number of hydrogen-bond acceptors (Lipinski definition) is 5. The lowest BCUT2D eigenvalue weighted by Crippen LogP contribution is -2.26. The van der Waals surface area contributed by atoms with Crippen LogP contribution in [-0.2, 0) is 16.6 Å². The minimum atomic E-state index is -0.845. The molecule has 1 heterocycles. The van der Waals surface area contributed by atoms with E-state index in [2.05, 4.69) is 10.4 Å². The van der Waals surface area contributed by atoms with Gasteiger partial charge in [0, 0.05) is 12.4 Å². The predicted molar refractivity (Wildman–Crippen MR) is 107 cm³/mol. The molecule has 2 aromatic carbocycles. The van der Waals surface area contributed by atoms with Crippen LogP contribution in [0.3, 0.4) is 0 Å². The number of nitrogens with one attached hydrogen (secondary N) is 1. The molecule has 0 aliphatic heterocycles. The van der Waals surface area contributed by atoms with E-state index in [0.29, 0.717) is 10.8 Å². The highest BCUT2D eigenvalue weighted by molar-refractivity contribution is 6.44. The normalized spacial score (nSPS) is 10.7. The number of anilines is 1. The first-order chi connectivity index (χ1) is 13.3. The summed E-state index contributed by atoms with van der Waals surface area (Å²) in [6, 6.07) is 9.26. The molecule has 0 aliphatic carbocycles. The summed E-state index contributed by atoms with van der Waals surface area (Å²) in [4.78, 5) is 36.6. The molecular weight excluding hydrogens is 429 g/mol. The van der Waals surface area contributed by atoms with Crippen molar-refractivity contribution in [2.24, 2.45) is 7.05 Å². The van der Waals surface area contributed by atoms with Gasteiger partial charge in [0.15, 0.2) is 12.3 Å². The van der Waals surface area contributed by atoms with Crippen molar-refractivity contribution in [3.63, 3.8) is 0 Å². The van der Waals surface area contributed by atoms with Crippen molar-refractivity contribution in [1.29, 1.82) is 0 Å². The molecule has 3 rings (SSSR count). The van der Waals surface area contributed by atoms with Gasteiger partial charge in [0.1, 0.15) is 0 Å². The van der Waals surface area contributed by atoms with Gasteiger partial charge in [-0.2, -0.15) is 5.10 Å². The first-order valence-electron chi connectivity index (χ1n) is 7.85. The van der Waals surface area contributed by atoms with E-state index in [4.69, 9.17) is 39.5 Å². The number of carbonyl (C=O) groups is 2. The third-order valence-electron chi connectivity index (χ3n) is 3.77. The van der Waals surface area contributed by atoms with Crippen LogP contribution in [-0.4, -0.2) is 28.3 Å². The highest BCUT2D eigenvalue weighted by Crippen LogP contribution is 2.32. The maximum atomic E-state index is 12.4. The van der Waals surface area contributed by atoms with Crippen molar-refractivity contribution in [2.45, 2.75) is 0 Å². The minimum Gasteiger partial charge on any atom is -0.451 e. The van der Waals surface area contributed by atoms with E-state index in [0.717, 1.165) is 4.68 Å². The van der Waals surface area contributed by atoms with Gasteiger partial charge >= 0.3 is 5.97 Å². The summed E-state index contributed by atoms with van der Waals surface area (Å²) >= 11 is 17.7. The second-order valence-corrected chi connectivity index (χ2v) is 6.92. The van der Waals surface area contributed by atoms with Crippen molar-refractivity contribution in [2.75, 3.05) is 11.9 Å². The van der Waals surface area contributed by atoms with Gasteiger partial charge in [-0.25, -0.2) is 9.48 Å². The van der Waals surface area contributed by atoms with Gasteiger partial charge in [-0.3, -0.25) is 9.59 Å². The zero-order valence-corrected chi connectivity index (χ0v) is 16.6. The largest absolute Gasteiger partial charge is 0.451 e. The van der Waals surface area contributed by atoms with E-state index < -0.39 is 18.5 Å². The molecule has 7 nitrogen and oxygen atoms in total. The Bertz CT molecular complexity index is 1160. The molecule has 1 N–H and O–H groups in total. The van der Waals surface area contributed by atoms with Gasteiger partial charge in [-0.15, -0.1) is 0 Å². The fourth-order valence-corrected chi connectivity index (χ4v) is 3.05. The number of aryl methyl sites for hydroxylation is 1. The molecule has 0 bridgehead atoms. The molecule has 0 fully saturated rings. The third-order valence-corrected chi connectivity index (χ3v) is 4.80. The number of nitrogens with zero attached hydrogens (tertiary/aromatic N) is 2. The average molecular weight is 441 g/mol. The van der Waals surface area contributed by atoms with Crippen LogP contribution in [0.4, 0.5) is 5.69 Å². The van der Waals surface area contributed by atoms with Gasteiger partial charge in [0.2, 0.25) is 0 Å². The van der Waals surface area contributed by atoms with E-state index >= 15 is 0 Å². The summed E-state index contributed by atoms with van der Waals surface area (Å²) in [6.45, 7) is -0.589. The number of carbonyl (C=O) groups excluding carboxylic acids is 2. The fourth-order valence-electron chi connectivity index (χ4n) is 2.45. The lowest BCUT2D eigenvalue weighted by Gasteiger charge is -2.10. The number of fused-ring (bicyclic) bond motifs is 1. The summed E-state index contributed by atoms with van der Waals surface area (Å²) in [5.41, 5.74) is -0.194. The first-order valence-corrected chi connectivity index (χ1v) is 8.99. The summed E-state index contributed by atoms with van der Waals surface area (Å²) in [7, 11) is 1.42. The Kier molecular flexibility index (Phi) is 5.88. The van der Waals surface area contributed by atoms with E-state index in [1.54, 1.807) is 24.3 Å². The summed E-state index contributed by atoms with van der Waals surface area (Å²) in [5, 5.41) is 7.70. The topological polar surface area (TPSA) is 90.3 Å². The van der Waals surface area contributed by atoms with Crippen molar-refractivity contribution in [3.05, 3.63) is 67.5 Å². The molecule has 0 unspecified atom stereocenters. The molecule has 144 valence electrons. The van der Waals surface area contributed by atoms with Crippen molar-refractivity contribution in [1.82, 2.24) is 9.78 Å². The maximum absolute atomic E-state index is 12.4. The number of rotatable bonds is 4. The number of esters is 1. The molecular formula is C18H12Cl3N3O4. The standard InChI is InChI=1S/C18H12Cl3N3O4/c1-24-17(26)10-5-3-2-4-9(10)16(23-24)18(27)28-8-15(25)22-14-7-12(20)11(19)6-13(14)21/h2-7H,8H2,1H3,(H,22,25). The molecule has 1 amide bonds. The van der Waals surface area contributed by atoms with Crippen LogP contribution < -0.4 is 10.9 Å².